The average Bonchev–Trinajstić information content (AvgIpc) is 2.62. The first-order valence-corrected chi connectivity index (χ1v) is 6.26. The van der Waals surface area contributed by atoms with Crippen molar-refractivity contribution in [1.82, 2.24) is 0 Å². The Labute approximate surface area is 92.9 Å². The molecule has 0 amide bonds. The van der Waals surface area contributed by atoms with E-state index in [1.54, 1.807) is 11.3 Å². The molecule has 0 N–H and O–H groups in total. The molecule has 2 rings (SSSR count). The number of hydrogen-bond acceptors (Lipinski definition) is 1. The summed E-state index contributed by atoms with van der Waals surface area (Å²) in [5, 5.41) is 3.32. The van der Waals surface area contributed by atoms with E-state index in [2.05, 4.69) is 12.3 Å². The van der Waals surface area contributed by atoms with Gasteiger partial charge in [-0.05, 0) is 36.1 Å². The zero-order chi connectivity index (χ0) is 9.42. The number of rotatable bonds is 1. The number of alkyl halides is 1. The molecule has 0 aliphatic heterocycles. The fourth-order valence-electron chi connectivity index (χ4n) is 2.06. The number of halogens is 2. The molecule has 13 heavy (non-hydrogen) atoms. The fraction of sp³-hybridized carbons (Fsp3) is 0.600. The van der Waals surface area contributed by atoms with Crippen LogP contribution < -0.4 is 0 Å². The van der Waals surface area contributed by atoms with Crippen molar-refractivity contribution in [1.29, 1.82) is 0 Å². The van der Waals surface area contributed by atoms with Gasteiger partial charge in [0.05, 0.1) is 5.02 Å². The monoisotopic (exact) mass is 234 g/mol. The van der Waals surface area contributed by atoms with E-state index < -0.39 is 0 Å². The van der Waals surface area contributed by atoms with Gasteiger partial charge in [-0.3, -0.25) is 0 Å². The van der Waals surface area contributed by atoms with Crippen molar-refractivity contribution in [3.05, 3.63) is 21.3 Å². The Bertz CT molecular complexity index is 295. The summed E-state index contributed by atoms with van der Waals surface area (Å²) in [7, 11) is 0. The molecular weight excluding hydrogens is 223 g/mol. The van der Waals surface area contributed by atoms with Gasteiger partial charge in [0.25, 0.3) is 0 Å². The minimum Gasteiger partial charge on any atom is -0.147 e. The van der Waals surface area contributed by atoms with Gasteiger partial charge in [0.15, 0.2) is 0 Å². The molecule has 1 aliphatic rings. The van der Waals surface area contributed by atoms with Crippen LogP contribution in [0.25, 0.3) is 0 Å². The van der Waals surface area contributed by atoms with E-state index in [-0.39, 0.29) is 0 Å². The van der Waals surface area contributed by atoms with Crippen LogP contribution in [-0.2, 0) is 0 Å². The van der Waals surface area contributed by atoms with Crippen LogP contribution in [-0.4, -0.2) is 5.38 Å². The summed E-state index contributed by atoms with van der Waals surface area (Å²) >= 11 is 14.1. The van der Waals surface area contributed by atoms with Crippen molar-refractivity contribution in [2.45, 2.75) is 31.1 Å². The molecule has 0 saturated heterocycles. The Hall–Kier alpha value is 0.280. The van der Waals surface area contributed by atoms with Crippen LogP contribution in [0.15, 0.2) is 11.4 Å². The Kier molecular flexibility index (Phi) is 2.87. The van der Waals surface area contributed by atoms with Crippen LogP contribution in [0.5, 0.6) is 0 Å². The van der Waals surface area contributed by atoms with E-state index in [1.165, 1.54) is 11.3 Å². The van der Waals surface area contributed by atoms with Crippen molar-refractivity contribution < 1.29 is 0 Å². The van der Waals surface area contributed by atoms with Gasteiger partial charge in [0, 0.05) is 10.3 Å². The van der Waals surface area contributed by atoms with Crippen molar-refractivity contribution in [3.8, 4) is 0 Å². The van der Waals surface area contributed by atoms with Crippen molar-refractivity contribution in [2.75, 3.05) is 0 Å². The fourth-order valence-corrected chi connectivity index (χ4v) is 3.81. The third kappa shape index (κ3) is 1.74. The van der Waals surface area contributed by atoms with Gasteiger partial charge in [0.2, 0.25) is 0 Å². The van der Waals surface area contributed by atoms with E-state index >= 15 is 0 Å². The highest BCUT2D eigenvalue weighted by atomic mass is 35.5. The second-order valence-corrected chi connectivity index (χ2v) is 5.61. The van der Waals surface area contributed by atoms with Gasteiger partial charge in [-0.1, -0.05) is 18.5 Å². The standard InChI is InChI=1S/C10H12Cl2S/c1-6-7(2-3-8(6)11)10-9(12)4-5-13-10/h4-8H,2-3H2,1H3. The highest BCUT2D eigenvalue weighted by Crippen LogP contribution is 2.46. The quantitative estimate of drug-likeness (QED) is 0.627. The van der Waals surface area contributed by atoms with E-state index in [0.29, 0.717) is 17.2 Å². The van der Waals surface area contributed by atoms with E-state index in [9.17, 15) is 0 Å². The van der Waals surface area contributed by atoms with Crippen LogP contribution in [0.3, 0.4) is 0 Å². The summed E-state index contributed by atoms with van der Waals surface area (Å²) in [5.74, 6) is 1.16. The lowest BCUT2D eigenvalue weighted by Crippen LogP contribution is -2.08. The first kappa shape index (κ1) is 9.82. The van der Waals surface area contributed by atoms with Crippen LogP contribution in [0, 0.1) is 5.92 Å². The highest BCUT2D eigenvalue weighted by Gasteiger charge is 2.33. The van der Waals surface area contributed by atoms with Gasteiger partial charge < -0.3 is 0 Å². The summed E-state index contributed by atoms with van der Waals surface area (Å²) in [6.07, 6.45) is 2.32. The first-order chi connectivity index (χ1) is 6.20. The SMILES string of the molecule is CC1C(Cl)CCC1c1sccc1Cl. The predicted octanol–water partition coefficient (Wildman–Crippen LogP) is 4.52. The van der Waals surface area contributed by atoms with Crippen LogP contribution in [0.4, 0.5) is 0 Å². The van der Waals surface area contributed by atoms with Crippen LogP contribution in [0.1, 0.15) is 30.6 Å². The van der Waals surface area contributed by atoms with Crippen molar-refractivity contribution in [2.24, 2.45) is 5.92 Å². The molecule has 0 aromatic carbocycles. The van der Waals surface area contributed by atoms with Crippen LogP contribution >= 0.6 is 34.5 Å². The first-order valence-electron chi connectivity index (χ1n) is 4.57. The summed E-state index contributed by atoms with van der Waals surface area (Å²) in [6, 6.07) is 1.98. The van der Waals surface area contributed by atoms with E-state index in [0.717, 1.165) is 11.4 Å². The second kappa shape index (κ2) is 3.80. The molecule has 0 spiro atoms. The predicted molar refractivity (Wildman–Crippen MR) is 60.1 cm³/mol. The molecule has 3 heteroatoms. The molecular formula is C10H12Cl2S. The summed E-state index contributed by atoms with van der Waals surface area (Å²) in [5.41, 5.74) is 0. The Morgan fingerprint density at radius 3 is 2.69 bits per heavy atom. The van der Waals surface area contributed by atoms with Crippen molar-refractivity contribution in [3.63, 3.8) is 0 Å². The summed E-state index contributed by atoms with van der Waals surface area (Å²) in [6.45, 7) is 2.23. The molecule has 0 nitrogen and oxygen atoms in total. The third-order valence-electron chi connectivity index (χ3n) is 2.94. The zero-order valence-corrected chi connectivity index (χ0v) is 9.79. The molecule has 3 unspecified atom stereocenters. The van der Waals surface area contributed by atoms with Crippen LogP contribution in [0.2, 0.25) is 5.02 Å². The minimum absolute atomic E-state index is 0.336. The normalized spacial score (nSPS) is 33.9. The second-order valence-electron chi connectivity index (χ2n) is 3.69. The summed E-state index contributed by atoms with van der Waals surface area (Å²) in [4.78, 5) is 1.33. The molecule has 1 aromatic heterocycles. The Morgan fingerprint density at radius 2 is 2.23 bits per heavy atom. The summed E-state index contributed by atoms with van der Waals surface area (Å²) < 4.78 is 0. The van der Waals surface area contributed by atoms with Gasteiger partial charge in [-0.2, -0.15) is 0 Å². The molecule has 1 fully saturated rings. The van der Waals surface area contributed by atoms with Gasteiger partial charge >= 0.3 is 0 Å². The number of thiophene rings is 1. The molecule has 1 heterocycles. The molecule has 1 aliphatic carbocycles. The molecule has 0 radical (unpaired) electrons. The van der Waals surface area contributed by atoms with Gasteiger partial charge in [-0.15, -0.1) is 22.9 Å². The molecule has 3 atom stereocenters. The molecule has 1 aromatic rings. The Morgan fingerprint density at radius 1 is 1.46 bits per heavy atom. The molecule has 1 saturated carbocycles. The Balaban J connectivity index is 2.23. The average molecular weight is 235 g/mol. The topological polar surface area (TPSA) is 0 Å². The highest BCUT2D eigenvalue weighted by molar-refractivity contribution is 7.10. The van der Waals surface area contributed by atoms with E-state index in [1.807, 2.05) is 6.07 Å². The largest absolute Gasteiger partial charge is 0.147 e. The number of hydrogen-bond donors (Lipinski definition) is 0. The maximum absolute atomic E-state index is 6.19. The lowest BCUT2D eigenvalue weighted by molar-refractivity contribution is 0.545. The lowest BCUT2D eigenvalue weighted by Gasteiger charge is -2.15. The zero-order valence-electron chi connectivity index (χ0n) is 7.47. The van der Waals surface area contributed by atoms with Gasteiger partial charge in [-0.25, -0.2) is 0 Å². The van der Waals surface area contributed by atoms with Gasteiger partial charge in [0.1, 0.15) is 0 Å². The molecule has 72 valence electrons. The maximum atomic E-state index is 6.19. The maximum Gasteiger partial charge on any atom is 0.0547 e. The smallest absolute Gasteiger partial charge is 0.0547 e. The third-order valence-corrected chi connectivity index (χ3v) is 5.05. The minimum atomic E-state index is 0.336. The lowest BCUT2D eigenvalue weighted by atomic mass is 9.96. The van der Waals surface area contributed by atoms with E-state index in [4.69, 9.17) is 23.2 Å². The van der Waals surface area contributed by atoms with Crippen molar-refractivity contribution >= 4 is 34.5 Å². The molecule has 0 bridgehead atoms.